The van der Waals surface area contributed by atoms with Crippen molar-refractivity contribution in [3.63, 3.8) is 0 Å². The van der Waals surface area contributed by atoms with Crippen LogP contribution in [0.4, 0.5) is 0 Å². The molecule has 1 aromatic heterocycles. The highest BCUT2D eigenvalue weighted by atomic mass is 16.5. The van der Waals surface area contributed by atoms with Crippen LogP contribution in [0.15, 0.2) is 174 Å². The van der Waals surface area contributed by atoms with Gasteiger partial charge in [-0.3, -0.25) is 0 Å². The minimum atomic E-state index is 0.200. The van der Waals surface area contributed by atoms with Crippen LogP contribution < -0.4 is 4.74 Å². The van der Waals surface area contributed by atoms with E-state index in [4.69, 9.17) is 9.15 Å². The van der Waals surface area contributed by atoms with Crippen molar-refractivity contribution in [2.24, 2.45) is 5.92 Å². The van der Waals surface area contributed by atoms with Gasteiger partial charge in [-0.05, 0) is 139 Å². The molecule has 0 saturated heterocycles. The molecule has 2 nitrogen and oxygen atoms in total. The van der Waals surface area contributed by atoms with Crippen molar-refractivity contribution in [2.45, 2.75) is 31.6 Å². The molecule has 0 fully saturated rings. The van der Waals surface area contributed by atoms with Crippen LogP contribution in [-0.4, -0.2) is 0 Å². The maximum absolute atomic E-state index is 6.49. The lowest BCUT2D eigenvalue weighted by Crippen LogP contribution is -2.10. The Bertz CT molecular complexity index is 3010. The van der Waals surface area contributed by atoms with Crippen LogP contribution in [0.25, 0.3) is 76.5 Å². The van der Waals surface area contributed by atoms with E-state index in [1.54, 1.807) is 0 Å². The first kappa shape index (κ1) is 30.1. The number of ether oxygens (including phenoxy) is 1. The summed E-state index contributed by atoms with van der Waals surface area (Å²) in [5.74, 6) is 2.80. The summed E-state index contributed by atoms with van der Waals surface area (Å²) in [5.41, 5.74) is 12.6. The van der Waals surface area contributed by atoms with Crippen LogP contribution in [0.5, 0.6) is 5.75 Å². The van der Waals surface area contributed by atoms with E-state index in [-0.39, 0.29) is 5.92 Å². The Morgan fingerprint density at radius 3 is 2.00 bits per heavy atom. The smallest absolute Gasteiger partial charge is 0.136 e. The fraction of sp³-hybridized carbons (Fsp3) is 0.115. The lowest BCUT2D eigenvalue weighted by atomic mass is 9.77. The number of benzene rings is 7. The Hall–Kier alpha value is -6.38. The van der Waals surface area contributed by atoms with Gasteiger partial charge < -0.3 is 9.15 Å². The van der Waals surface area contributed by atoms with Crippen LogP contribution in [0, 0.1) is 5.92 Å². The molecule has 12 rings (SSSR count). The zero-order valence-electron chi connectivity index (χ0n) is 29.8. The molecule has 3 aliphatic carbocycles. The van der Waals surface area contributed by atoms with Crippen LogP contribution in [0.3, 0.4) is 0 Å². The van der Waals surface area contributed by atoms with Crippen molar-refractivity contribution >= 4 is 65.4 Å². The molecule has 8 aromatic rings. The number of hydrogen-bond acceptors (Lipinski definition) is 2. The molecule has 0 radical (unpaired) electrons. The zero-order valence-corrected chi connectivity index (χ0v) is 29.8. The molecule has 0 amide bonds. The maximum Gasteiger partial charge on any atom is 0.136 e. The molecular weight excluding hydrogens is 657 g/mol. The van der Waals surface area contributed by atoms with Crippen LogP contribution in [-0.2, 0) is 0 Å². The number of para-hydroxylation sites is 1. The summed E-state index contributed by atoms with van der Waals surface area (Å²) in [4.78, 5) is 0. The number of rotatable bonds is 3. The first-order chi connectivity index (χ1) is 26.7. The van der Waals surface area contributed by atoms with Crippen LogP contribution in [0.2, 0.25) is 0 Å². The molecule has 0 bridgehead atoms. The average Bonchev–Trinajstić information content (AvgIpc) is 3.77. The average molecular weight is 693 g/mol. The normalized spacial score (nSPS) is 19.0. The van der Waals surface area contributed by atoms with Crippen LogP contribution >= 0.6 is 0 Å². The highest BCUT2D eigenvalue weighted by molar-refractivity contribution is 6.19. The molecule has 7 aromatic carbocycles. The Morgan fingerprint density at radius 2 is 1.20 bits per heavy atom. The molecule has 1 aliphatic heterocycles. The van der Waals surface area contributed by atoms with Crippen LogP contribution in [0.1, 0.15) is 48.3 Å². The predicted molar refractivity (Wildman–Crippen MR) is 225 cm³/mol. The first-order valence-electron chi connectivity index (χ1n) is 19.3. The second-order valence-electron chi connectivity index (χ2n) is 15.5. The van der Waals surface area contributed by atoms with Gasteiger partial charge in [-0.2, -0.15) is 0 Å². The van der Waals surface area contributed by atoms with E-state index in [2.05, 4.69) is 146 Å². The highest BCUT2D eigenvalue weighted by Crippen LogP contribution is 2.50. The topological polar surface area (TPSA) is 22.4 Å². The van der Waals surface area contributed by atoms with Gasteiger partial charge in [0.2, 0.25) is 0 Å². The number of furan rings is 1. The van der Waals surface area contributed by atoms with Gasteiger partial charge >= 0.3 is 0 Å². The van der Waals surface area contributed by atoms with Crippen molar-refractivity contribution in [1.29, 1.82) is 0 Å². The predicted octanol–water partition coefficient (Wildman–Crippen LogP) is 14.2. The molecule has 4 aliphatic rings. The summed E-state index contributed by atoms with van der Waals surface area (Å²) >= 11 is 0. The molecule has 256 valence electrons. The van der Waals surface area contributed by atoms with Gasteiger partial charge in [0.15, 0.2) is 0 Å². The molecule has 54 heavy (non-hydrogen) atoms. The van der Waals surface area contributed by atoms with E-state index in [1.165, 1.54) is 84.3 Å². The van der Waals surface area contributed by atoms with Gasteiger partial charge in [0.25, 0.3) is 0 Å². The molecule has 2 atom stereocenters. The van der Waals surface area contributed by atoms with E-state index >= 15 is 0 Å². The fourth-order valence-electron chi connectivity index (χ4n) is 9.86. The summed E-state index contributed by atoms with van der Waals surface area (Å²) in [7, 11) is 0. The molecule has 0 spiro atoms. The molecule has 2 unspecified atom stereocenters. The Labute approximate surface area is 313 Å². The van der Waals surface area contributed by atoms with E-state index in [0.717, 1.165) is 51.7 Å². The summed E-state index contributed by atoms with van der Waals surface area (Å²) in [5, 5.41) is 9.98. The quantitative estimate of drug-likeness (QED) is 0.172. The minimum Gasteiger partial charge on any atom is -0.461 e. The summed E-state index contributed by atoms with van der Waals surface area (Å²) < 4.78 is 12.7. The number of hydrogen-bond donors (Lipinski definition) is 0. The lowest BCUT2D eigenvalue weighted by molar-refractivity contribution is 0.427. The SMILES string of the molecule is C1=CC2=CC=C(c3c4ccccc4c(-c4ccc(C5=CC=C6Oc7cc8cc9oc%10ccccc%10c9cc8cc7C6C5)cc4)c4ccccc34)CC2CC1. The van der Waals surface area contributed by atoms with Gasteiger partial charge in [0.1, 0.15) is 22.7 Å². The third kappa shape index (κ3) is 4.53. The van der Waals surface area contributed by atoms with E-state index in [0.29, 0.717) is 5.92 Å². The van der Waals surface area contributed by atoms with Crippen molar-refractivity contribution in [3.05, 3.63) is 186 Å². The fourth-order valence-corrected chi connectivity index (χ4v) is 9.86. The lowest BCUT2D eigenvalue weighted by Gasteiger charge is -2.27. The third-order valence-electron chi connectivity index (χ3n) is 12.5. The highest BCUT2D eigenvalue weighted by Gasteiger charge is 2.33. The molecule has 2 heterocycles. The van der Waals surface area contributed by atoms with Gasteiger partial charge in [0.05, 0.1) is 0 Å². The Kier molecular flexibility index (Phi) is 6.45. The van der Waals surface area contributed by atoms with Crippen molar-refractivity contribution in [2.75, 3.05) is 0 Å². The largest absolute Gasteiger partial charge is 0.461 e. The molecule has 0 saturated carbocycles. The van der Waals surface area contributed by atoms with Gasteiger partial charge in [-0.1, -0.05) is 121 Å². The van der Waals surface area contributed by atoms with Crippen molar-refractivity contribution in [3.8, 4) is 16.9 Å². The van der Waals surface area contributed by atoms with E-state index in [1.807, 2.05) is 12.1 Å². The van der Waals surface area contributed by atoms with Crippen molar-refractivity contribution < 1.29 is 9.15 Å². The molecule has 0 N–H and O–H groups in total. The maximum atomic E-state index is 6.49. The third-order valence-corrected chi connectivity index (χ3v) is 12.5. The monoisotopic (exact) mass is 692 g/mol. The van der Waals surface area contributed by atoms with Gasteiger partial charge in [0, 0.05) is 22.3 Å². The number of fused-ring (bicyclic) bond motifs is 10. The van der Waals surface area contributed by atoms with Crippen molar-refractivity contribution in [1.82, 2.24) is 0 Å². The zero-order chi connectivity index (χ0) is 35.3. The van der Waals surface area contributed by atoms with Gasteiger partial charge in [-0.15, -0.1) is 0 Å². The molecular formula is C52H36O2. The second-order valence-corrected chi connectivity index (χ2v) is 15.5. The summed E-state index contributed by atoms with van der Waals surface area (Å²) in [6.45, 7) is 0. The Morgan fingerprint density at radius 1 is 0.519 bits per heavy atom. The summed E-state index contributed by atoms with van der Waals surface area (Å²) in [6, 6.07) is 44.7. The minimum absolute atomic E-state index is 0.200. The Balaban J connectivity index is 0.904. The molecule has 2 heteroatoms. The van der Waals surface area contributed by atoms with E-state index < -0.39 is 0 Å². The summed E-state index contributed by atoms with van der Waals surface area (Å²) in [6.07, 6.45) is 18.3. The number of allylic oxidation sites excluding steroid dienone is 10. The van der Waals surface area contributed by atoms with E-state index in [9.17, 15) is 0 Å². The second kappa shape index (κ2) is 11.6. The standard InChI is InChI=1S/C52H36O2/c1-2-10-34-25-36(22-19-31(34)9-1)52-42-14-5-3-12-40(42)51(41-13-4-6-15-43(41)52)33-20-17-32(18-21-33)35-23-24-48-45(26-35)46-28-37-27-44-39-11-7-8-16-47(39)53-49(44)29-38(37)30-50(46)54-48/h1,3-9,11-24,27-30,34,45H,2,10,25-26H2. The van der Waals surface area contributed by atoms with Gasteiger partial charge in [-0.25, -0.2) is 0 Å². The first-order valence-corrected chi connectivity index (χ1v) is 19.3.